The molecule has 0 aliphatic carbocycles. The van der Waals surface area contributed by atoms with Crippen LogP contribution < -0.4 is 0 Å². The van der Waals surface area contributed by atoms with E-state index in [-0.39, 0.29) is 6.10 Å². The van der Waals surface area contributed by atoms with E-state index >= 15 is 0 Å². The third-order valence-corrected chi connectivity index (χ3v) is 4.00. The highest BCUT2D eigenvalue weighted by atomic mass is 32.2. The molecule has 12 heavy (non-hydrogen) atoms. The van der Waals surface area contributed by atoms with Crippen molar-refractivity contribution < 1.29 is 5.11 Å². The summed E-state index contributed by atoms with van der Waals surface area (Å²) in [6.45, 7) is 2.21. The van der Waals surface area contributed by atoms with Gasteiger partial charge in [0.1, 0.15) is 0 Å². The van der Waals surface area contributed by atoms with Crippen LogP contribution in [0.5, 0.6) is 0 Å². The normalized spacial score (nSPS) is 26.0. The van der Waals surface area contributed by atoms with Crippen molar-refractivity contribution in [2.45, 2.75) is 56.8 Å². The summed E-state index contributed by atoms with van der Waals surface area (Å²) in [4.78, 5) is 0. The van der Waals surface area contributed by atoms with Crippen molar-refractivity contribution in [3.8, 4) is 0 Å². The molecule has 1 saturated heterocycles. The highest BCUT2D eigenvalue weighted by Gasteiger charge is 2.22. The van der Waals surface area contributed by atoms with Crippen LogP contribution in [-0.4, -0.2) is 22.2 Å². The fraction of sp³-hybridized carbons (Fsp3) is 1.00. The Balaban J connectivity index is 2.05. The summed E-state index contributed by atoms with van der Waals surface area (Å²) in [5.74, 6) is 1.26. The molecule has 0 aromatic heterocycles. The van der Waals surface area contributed by atoms with E-state index in [2.05, 4.69) is 6.92 Å². The summed E-state index contributed by atoms with van der Waals surface area (Å²) in [5.41, 5.74) is 0. The minimum Gasteiger partial charge on any atom is -0.392 e. The Hall–Kier alpha value is 0.310. The van der Waals surface area contributed by atoms with Gasteiger partial charge in [-0.15, -0.1) is 0 Å². The third kappa shape index (κ3) is 3.36. The van der Waals surface area contributed by atoms with E-state index in [9.17, 15) is 5.11 Å². The maximum Gasteiger partial charge on any atom is 0.0658 e. The van der Waals surface area contributed by atoms with Crippen LogP contribution in [-0.2, 0) is 0 Å². The van der Waals surface area contributed by atoms with Crippen molar-refractivity contribution in [2.24, 2.45) is 0 Å². The lowest BCUT2D eigenvalue weighted by atomic mass is 10.1. The van der Waals surface area contributed by atoms with Gasteiger partial charge in [0.25, 0.3) is 0 Å². The molecule has 1 rings (SSSR count). The average Bonchev–Trinajstić information content (AvgIpc) is 2.56. The molecular weight excluding hydrogens is 168 g/mol. The Morgan fingerprint density at radius 1 is 1.50 bits per heavy atom. The first-order valence-corrected chi connectivity index (χ1v) is 6.19. The lowest BCUT2D eigenvalue weighted by molar-refractivity contribution is 0.156. The zero-order valence-electron chi connectivity index (χ0n) is 7.96. The van der Waals surface area contributed by atoms with Gasteiger partial charge in [0, 0.05) is 5.25 Å². The van der Waals surface area contributed by atoms with Crippen molar-refractivity contribution in [3.63, 3.8) is 0 Å². The van der Waals surface area contributed by atoms with Crippen molar-refractivity contribution in [2.75, 3.05) is 5.75 Å². The van der Waals surface area contributed by atoms with Gasteiger partial charge in [0.05, 0.1) is 6.10 Å². The Morgan fingerprint density at radius 2 is 2.33 bits per heavy atom. The molecule has 0 aromatic rings. The molecule has 2 heteroatoms. The van der Waals surface area contributed by atoms with E-state index in [1.165, 1.54) is 37.9 Å². The third-order valence-electron chi connectivity index (χ3n) is 2.50. The second kappa shape index (κ2) is 5.87. The van der Waals surface area contributed by atoms with Gasteiger partial charge in [-0.1, -0.05) is 26.2 Å². The Bertz CT molecular complexity index is 110. The molecule has 72 valence electrons. The van der Waals surface area contributed by atoms with E-state index in [1.807, 2.05) is 11.8 Å². The topological polar surface area (TPSA) is 20.2 Å². The standard InChI is InChI=1S/C10H20OS/c1-2-3-4-6-9(11)10-7-5-8-12-10/h9-11H,2-8H2,1H3. The Labute approximate surface area is 79.9 Å². The zero-order chi connectivity index (χ0) is 8.81. The Morgan fingerprint density at radius 3 is 2.92 bits per heavy atom. The molecule has 0 saturated carbocycles. The monoisotopic (exact) mass is 188 g/mol. The number of unbranched alkanes of at least 4 members (excludes halogenated alkanes) is 2. The van der Waals surface area contributed by atoms with E-state index in [0.29, 0.717) is 5.25 Å². The van der Waals surface area contributed by atoms with Crippen LogP contribution in [0.4, 0.5) is 0 Å². The van der Waals surface area contributed by atoms with Crippen LogP contribution in [0.25, 0.3) is 0 Å². The lowest BCUT2D eigenvalue weighted by Gasteiger charge is -2.16. The summed E-state index contributed by atoms with van der Waals surface area (Å²) in [6, 6.07) is 0. The second-order valence-electron chi connectivity index (χ2n) is 3.61. The first kappa shape index (κ1) is 10.4. The molecule has 2 atom stereocenters. The molecular formula is C10H20OS. The first-order chi connectivity index (χ1) is 5.84. The lowest BCUT2D eigenvalue weighted by Crippen LogP contribution is -2.20. The van der Waals surface area contributed by atoms with Crippen molar-refractivity contribution in [3.05, 3.63) is 0 Å². The zero-order valence-corrected chi connectivity index (χ0v) is 8.78. The number of aliphatic hydroxyl groups is 1. The van der Waals surface area contributed by atoms with Crippen LogP contribution >= 0.6 is 11.8 Å². The maximum atomic E-state index is 9.75. The van der Waals surface area contributed by atoms with Gasteiger partial charge in [-0.05, 0) is 25.0 Å². The Kier molecular flexibility index (Phi) is 5.08. The van der Waals surface area contributed by atoms with Crippen LogP contribution in [0.2, 0.25) is 0 Å². The number of hydrogen-bond acceptors (Lipinski definition) is 2. The van der Waals surface area contributed by atoms with E-state index in [4.69, 9.17) is 0 Å². The predicted octanol–water partition coefficient (Wildman–Crippen LogP) is 2.82. The molecule has 1 aliphatic rings. The maximum absolute atomic E-state index is 9.75. The summed E-state index contributed by atoms with van der Waals surface area (Å²) < 4.78 is 0. The summed E-state index contributed by atoms with van der Waals surface area (Å²) in [6.07, 6.45) is 7.26. The highest BCUT2D eigenvalue weighted by Crippen LogP contribution is 2.30. The smallest absolute Gasteiger partial charge is 0.0658 e. The molecule has 1 nitrogen and oxygen atoms in total. The molecule has 1 fully saturated rings. The fourth-order valence-electron chi connectivity index (χ4n) is 1.70. The second-order valence-corrected chi connectivity index (χ2v) is 4.96. The van der Waals surface area contributed by atoms with E-state index in [1.54, 1.807) is 0 Å². The minimum atomic E-state index is -0.0240. The van der Waals surface area contributed by atoms with Crippen LogP contribution in [0.15, 0.2) is 0 Å². The summed E-state index contributed by atoms with van der Waals surface area (Å²) in [7, 11) is 0. The molecule has 1 aliphatic heterocycles. The van der Waals surface area contributed by atoms with E-state index in [0.717, 1.165) is 6.42 Å². The largest absolute Gasteiger partial charge is 0.392 e. The number of aliphatic hydroxyl groups excluding tert-OH is 1. The van der Waals surface area contributed by atoms with Gasteiger partial charge in [-0.3, -0.25) is 0 Å². The average molecular weight is 188 g/mol. The SMILES string of the molecule is CCCCCC(O)C1CCCS1. The molecule has 0 radical (unpaired) electrons. The summed E-state index contributed by atoms with van der Waals surface area (Å²) >= 11 is 1.96. The van der Waals surface area contributed by atoms with Gasteiger partial charge in [-0.2, -0.15) is 11.8 Å². The first-order valence-electron chi connectivity index (χ1n) is 5.14. The van der Waals surface area contributed by atoms with E-state index < -0.39 is 0 Å². The van der Waals surface area contributed by atoms with Crippen molar-refractivity contribution in [1.82, 2.24) is 0 Å². The fourth-order valence-corrected chi connectivity index (χ4v) is 3.02. The van der Waals surface area contributed by atoms with Gasteiger partial charge in [0.2, 0.25) is 0 Å². The molecule has 0 amide bonds. The number of thioether (sulfide) groups is 1. The van der Waals surface area contributed by atoms with Crippen LogP contribution in [0.1, 0.15) is 45.4 Å². The summed E-state index contributed by atoms with van der Waals surface area (Å²) in [5, 5.41) is 10.3. The van der Waals surface area contributed by atoms with Crippen molar-refractivity contribution >= 4 is 11.8 Å². The van der Waals surface area contributed by atoms with Gasteiger partial charge in [-0.25, -0.2) is 0 Å². The molecule has 0 aromatic carbocycles. The van der Waals surface area contributed by atoms with Crippen molar-refractivity contribution in [1.29, 1.82) is 0 Å². The van der Waals surface area contributed by atoms with Gasteiger partial charge in [0.15, 0.2) is 0 Å². The minimum absolute atomic E-state index is 0.0240. The number of hydrogen-bond donors (Lipinski definition) is 1. The predicted molar refractivity (Wildman–Crippen MR) is 55.6 cm³/mol. The number of rotatable bonds is 5. The molecule has 0 spiro atoms. The van der Waals surface area contributed by atoms with Gasteiger partial charge < -0.3 is 5.11 Å². The molecule has 1 N–H and O–H groups in total. The van der Waals surface area contributed by atoms with Crippen LogP contribution in [0.3, 0.4) is 0 Å². The molecule has 1 heterocycles. The highest BCUT2D eigenvalue weighted by molar-refractivity contribution is 8.00. The van der Waals surface area contributed by atoms with Gasteiger partial charge >= 0.3 is 0 Å². The molecule has 0 bridgehead atoms. The quantitative estimate of drug-likeness (QED) is 0.669. The van der Waals surface area contributed by atoms with Crippen LogP contribution in [0, 0.1) is 0 Å². The molecule has 2 unspecified atom stereocenters.